The van der Waals surface area contributed by atoms with Crippen LogP contribution >= 0.6 is 31.9 Å². The molecule has 0 unspecified atom stereocenters. The van der Waals surface area contributed by atoms with E-state index < -0.39 is 5.97 Å². The number of hydrogen-bond acceptors (Lipinski definition) is 2. The van der Waals surface area contributed by atoms with E-state index in [2.05, 4.69) is 42.1 Å². The Bertz CT molecular complexity index is 521. The molecular formula is C8H4Br2N2O2. The predicted octanol–water partition coefficient (Wildman–Crippen LogP) is 2.79. The monoisotopic (exact) mass is 318 g/mol. The van der Waals surface area contributed by atoms with E-state index in [4.69, 9.17) is 5.11 Å². The summed E-state index contributed by atoms with van der Waals surface area (Å²) in [6, 6.07) is 3.53. The van der Waals surface area contributed by atoms with Gasteiger partial charge in [0.05, 0.1) is 0 Å². The van der Waals surface area contributed by atoms with Crippen molar-refractivity contribution in [2.45, 2.75) is 0 Å². The van der Waals surface area contributed by atoms with Gasteiger partial charge in [0.1, 0.15) is 5.52 Å². The number of rotatable bonds is 1. The van der Waals surface area contributed by atoms with Crippen LogP contribution in [0.5, 0.6) is 0 Å². The molecule has 0 radical (unpaired) electrons. The number of aromatic amines is 1. The molecule has 72 valence electrons. The van der Waals surface area contributed by atoms with Gasteiger partial charge in [-0.3, -0.25) is 5.10 Å². The second-order valence-electron chi connectivity index (χ2n) is 2.69. The fourth-order valence-electron chi connectivity index (χ4n) is 1.21. The molecule has 0 saturated carbocycles. The number of carbonyl (C=O) groups is 1. The SMILES string of the molecule is O=C(O)c1[nH]nc2c(Br)cc(Br)cc12. The number of H-pyrrole nitrogens is 1. The highest BCUT2D eigenvalue weighted by Gasteiger charge is 2.14. The highest BCUT2D eigenvalue weighted by Crippen LogP contribution is 2.28. The molecule has 2 rings (SSSR count). The maximum atomic E-state index is 10.8. The zero-order valence-electron chi connectivity index (χ0n) is 6.71. The molecule has 1 aromatic carbocycles. The van der Waals surface area contributed by atoms with E-state index in [1.165, 1.54) is 0 Å². The van der Waals surface area contributed by atoms with Crippen molar-refractivity contribution in [3.63, 3.8) is 0 Å². The van der Waals surface area contributed by atoms with Gasteiger partial charge in [-0.2, -0.15) is 5.10 Å². The molecule has 0 spiro atoms. The third kappa shape index (κ3) is 1.44. The second-order valence-corrected chi connectivity index (χ2v) is 4.46. The van der Waals surface area contributed by atoms with Crippen LogP contribution in [0.2, 0.25) is 0 Å². The van der Waals surface area contributed by atoms with Crippen LogP contribution in [0.15, 0.2) is 21.1 Å². The van der Waals surface area contributed by atoms with Crippen LogP contribution in [0.25, 0.3) is 10.9 Å². The van der Waals surface area contributed by atoms with Gasteiger partial charge in [0.2, 0.25) is 0 Å². The summed E-state index contributed by atoms with van der Waals surface area (Å²) >= 11 is 6.59. The van der Waals surface area contributed by atoms with Crippen LogP contribution in [0.4, 0.5) is 0 Å². The number of fused-ring (bicyclic) bond motifs is 1. The molecular weight excluding hydrogens is 316 g/mol. The lowest BCUT2D eigenvalue weighted by Crippen LogP contribution is -1.96. The topological polar surface area (TPSA) is 66.0 Å². The van der Waals surface area contributed by atoms with E-state index in [1.807, 2.05) is 6.07 Å². The molecule has 0 amide bonds. The van der Waals surface area contributed by atoms with Crippen molar-refractivity contribution < 1.29 is 9.90 Å². The van der Waals surface area contributed by atoms with Crippen molar-refractivity contribution in [2.24, 2.45) is 0 Å². The molecule has 0 bridgehead atoms. The number of hydrogen-bond donors (Lipinski definition) is 2. The van der Waals surface area contributed by atoms with E-state index in [1.54, 1.807) is 6.07 Å². The molecule has 2 N–H and O–H groups in total. The molecule has 0 aliphatic rings. The number of aromatic nitrogens is 2. The first-order valence-electron chi connectivity index (χ1n) is 3.66. The van der Waals surface area contributed by atoms with Gasteiger partial charge in [-0.15, -0.1) is 0 Å². The average Bonchev–Trinajstić information content (AvgIpc) is 2.47. The minimum atomic E-state index is -1.02. The summed E-state index contributed by atoms with van der Waals surface area (Å²) in [6.07, 6.45) is 0. The van der Waals surface area contributed by atoms with Crippen LogP contribution < -0.4 is 0 Å². The molecule has 0 aliphatic carbocycles. The standard InChI is InChI=1S/C8H4Br2N2O2/c9-3-1-4-6(5(10)2-3)11-12-7(4)8(13)14/h1-2H,(H,11,12)(H,13,14). The summed E-state index contributed by atoms with van der Waals surface area (Å²) in [5, 5.41) is 15.8. The Morgan fingerprint density at radius 2 is 2.14 bits per heavy atom. The molecule has 14 heavy (non-hydrogen) atoms. The second kappa shape index (κ2) is 3.36. The Kier molecular flexibility index (Phi) is 2.32. The van der Waals surface area contributed by atoms with Gasteiger partial charge < -0.3 is 5.11 Å². The van der Waals surface area contributed by atoms with Crippen LogP contribution in [-0.4, -0.2) is 21.3 Å². The van der Waals surface area contributed by atoms with Gasteiger partial charge in [-0.25, -0.2) is 4.79 Å². The van der Waals surface area contributed by atoms with Gasteiger partial charge in [0, 0.05) is 14.3 Å². The first kappa shape index (κ1) is 9.67. The number of aromatic carboxylic acids is 1. The summed E-state index contributed by atoms with van der Waals surface area (Å²) in [4.78, 5) is 10.8. The quantitative estimate of drug-likeness (QED) is 0.849. The van der Waals surface area contributed by atoms with E-state index >= 15 is 0 Å². The van der Waals surface area contributed by atoms with Crippen LogP contribution in [0.1, 0.15) is 10.5 Å². The third-order valence-corrected chi connectivity index (χ3v) is 2.85. The van der Waals surface area contributed by atoms with Crippen molar-refractivity contribution >= 4 is 48.7 Å². The Labute approximate surface area is 95.6 Å². The number of nitrogens with zero attached hydrogens (tertiary/aromatic N) is 1. The highest BCUT2D eigenvalue weighted by molar-refractivity contribution is 9.11. The van der Waals surface area contributed by atoms with Crippen molar-refractivity contribution in [3.05, 3.63) is 26.8 Å². The van der Waals surface area contributed by atoms with Gasteiger partial charge in [0.15, 0.2) is 5.69 Å². The normalized spacial score (nSPS) is 10.7. The summed E-state index contributed by atoms with van der Waals surface area (Å²) in [6.45, 7) is 0. The molecule has 0 aliphatic heterocycles. The number of halogens is 2. The van der Waals surface area contributed by atoms with E-state index in [-0.39, 0.29) is 5.69 Å². The average molecular weight is 320 g/mol. The number of carboxylic acid groups (broad SMARTS) is 1. The fourth-order valence-corrected chi connectivity index (χ4v) is 2.52. The predicted molar refractivity (Wildman–Crippen MR) is 58.5 cm³/mol. The summed E-state index contributed by atoms with van der Waals surface area (Å²) in [5.74, 6) is -1.02. The largest absolute Gasteiger partial charge is 0.477 e. The Balaban J connectivity index is 2.85. The molecule has 2 aromatic rings. The van der Waals surface area contributed by atoms with E-state index in [0.717, 1.165) is 8.95 Å². The lowest BCUT2D eigenvalue weighted by molar-refractivity contribution is 0.0692. The van der Waals surface area contributed by atoms with Gasteiger partial charge >= 0.3 is 5.97 Å². The van der Waals surface area contributed by atoms with Crippen LogP contribution in [0.3, 0.4) is 0 Å². The number of nitrogens with one attached hydrogen (secondary N) is 1. The minimum Gasteiger partial charge on any atom is -0.477 e. The molecule has 0 saturated heterocycles. The molecule has 6 heteroatoms. The summed E-state index contributed by atoms with van der Waals surface area (Å²) in [7, 11) is 0. The van der Waals surface area contributed by atoms with Gasteiger partial charge in [-0.05, 0) is 28.1 Å². The number of carboxylic acids is 1. The van der Waals surface area contributed by atoms with Crippen molar-refractivity contribution in [2.75, 3.05) is 0 Å². The van der Waals surface area contributed by atoms with Crippen molar-refractivity contribution in [3.8, 4) is 0 Å². The lowest BCUT2D eigenvalue weighted by Gasteiger charge is -1.95. The van der Waals surface area contributed by atoms with Crippen molar-refractivity contribution in [1.29, 1.82) is 0 Å². The van der Waals surface area contributed by atoms with Gasteiger partial charge in [-0.1, -0.05) is 15.9 Å². The van der Waals surface area contributed by atoms with E-state index in [0.29, 0.717) is 10.9 Å². The molecule has 1 aromatic heterocycles. The Hall–Kier alpha value is -0.880. The summed E-state index contributed by atoms with van der Waals surface area (Å²) in [5.41, 5.74) is 0.715. The maximum absolute atomic E-state index is 10.8. The van der Waals surface area contributed by atoms with Crippen LogP contribution in [0, 0.1) is 0 Å². The first-order chi connectivity index (χ1) is 6.59. The third-order valence-electron chi connectivity index (χ3n) is 1.79. The van der Waals surface area contributed by atoms with Gasteiger partial charge in [0.25, 0.3) is 0 Å². The molecule has 0 atom stereocenters. The molecule has 0 fully saturated rings. The summed E-state index contributed by atoms with van der Waals surface area (Å²) < 4.78 is 1.56. The zero-order valence-corrected chi connectivity index (χ0v) is 9.89. The fraction of sp³-hybridized carbons (Fsp3) is 0. The Morgan fingerprint density at radius 3 is 2.79 bits per heavy atom. The maximum Gasteiger partial charge on any atom is 0.354 e. The lowest BCUT2D eigenvalue weighted by atomic mass is 10.2. The smallest absolute Gasteiger partial charge is 0.354 e. The van der Waals surface area contributed by atoms with E-state index in [9.17, 15) is 4.79 Å². The van der Waals surface area contributed by atoms with Crippen molar-refractivity contribution in [1.82, 2.24) is 10.2 Å². The Morgan fingerprint density at radius 1 is 1.43 bits per heavy atom. The molecule has 4 nitrogen and oxygen atoms in total. The first-order valence-corrected chi connectivity index (χ1v) is 5.24. The zero-order chi connectivity index (χ0) is 10.3. The number of benzene rings is 1. The minimum absolute atomic E-state index is 0.0991. The van der Waals surface area contributed by atoms with Crippen LogP contribution in [-0.2, 0) is 0 Å². The highest BCUT2D eigenvalue weighted by atomic mass is 79.9. The molecule has 1 heterocycles.